The lowest BCUT2D eigenvalue weighted by molar-refractivity contribution is 0.276. The SMILES string of the molecule is CCCOc1ccc(CNn2c(CCC)n[nH]c2=S)cc1OCC. The highest BCUT2D eigenvalue weighted by Crippen LogP contribution is 2.28. The molecule has 6 nitrogen and oxygen atoms in total. The maximum Gasteiger partial charge on any atom is 0.214 e. The Balaban J connectivity index is 2.11. The number of hydrogen-bond acceptors (Lipinski definition) is 5. The van der Waals surface area contributed by atoms with Crippen molar-refractivity contribution >= 4 is 12.2 Å². The Morgan fingerprint density at radius 3 is 2.71 bits per heavy atom. The number of aromatic nitrogens is 3. The molecule has 0 aliphatic heterocycles. The first-order chi connectivity index (χ1) is 11.7. The molecule has 0 bridgehead atoms. The van der Waals surface area contributed by atoms with Crippen LogP contribution in [0.5, 0.6) is 11.5 Å². The van der Waals surface area contributed by atoms with Crippen LogP contribution in [-0.2, 0) is 13.0 Å². The van der Waals surface area contributed by atoms with Crippen LogP contribution in [-0.4, -0.2) is 28.1 Å². The van der Waals surface area contributed by atoms with Gasteiger partial charge in [0.05, 0.1) is 19.8 Å². The van der Waals surface area contributed by atoms with Gasteiger partial charge >= 0.3 is 0 Å². The van der Waals surface area contributed by atoms with Gasteiger partial charge in [0.25, 0.3) is 0 Å². The third-order valence-electron chi connectivity index (χ3n) is 3.43. The molecule has 0 aliphatic rings. The zero-order chi connectivity index (χ0) is 17.4. The number of ether oxygens (including phenoxy) is 2. The molecule has 2 aromatic rings. The molecule has 1 heterocycles. The van der Waals surface area contributed by atoms with Crippen LogP contribution < -0.4 is 14.9 Å². The predicted molar refractivity (Wildman–Crippen MR) is 97.9 cm³/mol. The molecule has 0 radical (unpaired) electrons. The fourth-order valence-corrected chi connectivity index (χ4v) is 2.53. The summed E-state index contributed by atoms with van der Waals surface area (Å²) in [5, 5.41) is 7.08. The van der Waals surface area contributed by atoms with Crippen molar-refractivity contribution in [2.75, 3.05) is 18.6 Å². The van der Waals surface area contributed by atoms with E-state index in [4.69, 9.17) is 21.7 Å². The van der Waals surface area contributed by atoms with Crippen molar-refractivity contribution in [3.8, 4) is 11.5 Å². The van der Waals surface area contributed by atoms with E-state index in [0.717, 1.165) is 42.1 Å². The van der Waals surface area contributed by atoms with Crippen molar-refractivity contribution < 1.29 is 9.47 Å². The largest absolute Gasteiger partial charge is 0.490 e. The van der Waals surface area contributed by atoms with Crippen molar-refractivity contribution in [3.05, 3.63) is 34.4 Å². The van der Waals surface area contributed by atoms with Crippen molar-refractivity contribution in [1.29, 1.82) is 0 Å². The van der Waals surface area contributed by atoms with Crippen LogP contribution >= 0.6 is 12.2 Å². The van der Waals surface area contributed by atoms with Gasteiger partial charge in [-0.05, 0) is 49.7 Å². The molecule has 0 spiro atoms. The predicted octanol–water partition coefficient (Wildman–Crippen LogP) is 3.82. The molecular weight excluding hydrogens is 324 g/mol. The number of hydrogen-bond donors (Lipinski definition) is 2. The zero-order valence-corrected chi connectivity index (χ0v) is 15.4. The standard InChI is InChI=1S/C17H26N4O2S/c1-4-7-16-19-20-17(24)21(16)18-12-13-8-9-14(23-10-5-2)15(11-13)22-6-3/h8-9,11,18H,4-7,10,12H2,1-3H3,(H,20,24). The molecule has 0 saturated heterocycles. The average Bonchev–Trinajstić information content (AvgIpc) is 2.93. The minimum absolute atomic E-state index is 0.575. The second-order valence-electron chi connectivity index (χ2n) is 5.43. The summed E-state index contributed by atoms with van der Waals surface area (Å²) in [5.41, 5.74) is 4.41. The third-order valence-corrected chi connectivity index (χ3v) is 3.70. The van der Waals surface area contributed by atoms with Crippen molar-refractivity contribution in [1.82, 2.24) is 14.9 Å². The van der Waals surface area contributed by atoms with E-state index in [0.29, 0.717) is 24.5 Å². The molecule has 0 unspecified atom stereocenters. The van der Waals surface area contributed by atoms with Gasteiger partial charge in [0, 0.05) is 6.42 Å². The maximum absolute atomic E-state index is 5.73. The summed E-state index contributed by atoms with van der Waals surface area (Å²) in [5.74, 6) is 2.47. The molecule has 1 aromatic carbocycles. The molecule has 7 heteroatoms. The molecule has 2 N–H and O–H groups in total. The molecule has 0 atom stereocenters. The van der Waals surface area contributed by atoms with Gasteiger partial charge in [-0.3, -0.25) is 5.10 Å². The number of rotatable bonds is 10. The van der Waals surface area contributed by atoms with Crippen LogP contribution in [0.25, 0.3) is 0 Å². The van der Waals surface area contributed by atoms with Gasteiger partial charge in [0.15, 0.2) is 17.3 Å². The molecule has 1 aromatic heterocycles. The van der Waals surface area contributed by atoms with Gasteiger partial charge in [-0.15, -0.1) is 0 Å². The van der Waals surface area contributed by atoms with E-state index in [9.17, 15) is 0 Å². The lowest BCUT2D eigenvalue weighted by Crippen LogP contribution is -2.17. The molecule has 0 amide bonds. The first-order valence-corrected chi connectivity index (χ1v) is 8.89. The second-order valence-corrected chi connectivity index (χ2v) is 5.81. The Morgan fingerprint density at radius 2 is 2.00 bits per heavy atom. The first-order valence-electron chi connectivity index (χ1n) is 8.48. The number of aromatic amines is 1. The number of benzene rings is 1. The van der Waals surface area contributed by atoms with E-state index in [1.807, 2.05) is 29.8 Å². The summed E-state index contributed by atoms with van der Waals surface area (Å²) in [6, 6.07) is 5.99. The van der Waals surface area contributed by atoms with Gasteiger partial charge in [0.1, 0.15) is 0 Å². The highest BCUT2D eigenvalue weighted by Gasteiger charge is 2.08. The minimum Gasteiger partial charge on any atom is -0.490 e. The molecule has 24 heavy (non-hydrogen) atoms. The van der Waals surface area contributed by atoms with Crippen LogP contribution in [0.15, 0.2) is 18.2 Å². The molecule has 0 fully saturated rings. The summed E-state index contributed by atoms with van der Waals surface area (Å²) in [7, 11) is 0. The van der Waals surface area contributed by atoms with Crippen LogP contribution in [0.1, 0.15) is 45.0 Å². The Labute approximate surface area is 148 Å². The Hall–Kier alpha value is -2.02. The van der Waals surface area contributed by atoms with Crippen LogP contribution in [0.2, 0.25) is 0 Å². The maximum atomic E-state index is 5.73. The van der Waals surface area contributed by atoms with E-state index in [1.165, 1.54) is 0 Å². The number of aryl methyl sites for hydroxylation is 1. The number of nitrogens with one attached hydrogen (secondary N) is 2. The van der Waals surface area contributed by atoms with Gasteiger partial charge in [-0.1, -0.05) is 19.9 Å². The monoisotopic (exact) mass is 350 g/mol. The molecular formula is C17H26N4O2S. The van der Waals surface area contributed by atoms with Crippen LogP contribution in [0.4, 0.5) is 0 Å². The Bertz CT molecular complexity index is 696. The second kappa shape index (κ2) is 9.32. The van der Waals surface area contributed by atoms with E-state index in [1.54, 1.807) is 0 Å². The minimum atomic E-state index is 0.575. The van der Waals surface area contributed by atoms with E-state index >= 15 is 0 Å². The zero-order valence-electron chi connectivity index (χ0n) is 14.6. The van der Waals surface area contributed by atoms with Crippen molar-refractivity contribution in [2.24, 2.45) is 0 Å². The first kappa shape index (κ1) is 18.3. The van der Waals surface area contributed by atoms with E-state index < -0.39 is 0 Å². The lowest BCUT2D eigenvalue weighted by atomic mass is 10.2. The molecule has 0 saturated carbocycles. The summed E-state index contributed by atoms with van der Waals surface area (Å²) in [6.45, 7) is 8.08. The summed E-state index contributed by atoms with van der Waals surface area (Å²) in [4.78, 5) is 0. The quantitative estimate of drug-likeness (QED) is 0.638. The van der Waals surface area contributed by atoms with Gasteiger partial charge < -0.3 is 14.9 Å². The fourth-order valence-electron chi connectivity index (χ4n) is 2.32. The third kappa shape index (κ3) is 4.74. The Morgan fingerprint density at radius 1 is 1.17 bits per heavy atom. The van der Waals surface area contributed by atoms with Crippen LogP contribution in [0.3, 0.4) is 0 Å². The summed E-state index contributed by atoms with van der Waals surface area (Å²) >= 11 is 5.28. The number of nitrogens with zero attached hydrogens (tertiary/aromatic N) is 2. The number of H-pyrrole nitrogens is 1. The topological polar surface area (TPSA) is 64.1 Å². The van der Waals surface area contributed by atoms with Gasteiger partial charge in [-0.25, -0.2) is 4.68 Å². The van der Waals surface area contributed by atoms with E-state index in [-0.39, 0.29) is 0 Å². The average molecular weight is 350 g/mol. The molecule has 0 aliphatic carbocycles. The van der Waals surface area contributed by atoms with Crippen molar-refractivity contribution in [2.45, 2.75) is 46.6 Å². The highest BCUT2D eigenvalue weighted by atomic mass is 32.1. The van der Waals surface area contributed by atoms with E-state index in [2.05, 4.69) is 29.5 Å². The van der Waals surface area contributed by atoms with Crippen LogP contribution in [0, 0.1) is 4.77 Å². The molecule has 2 rings (SSSR count). The molecule has 132 valence electrons. The van der Waals surface area contributed by atoms with Gasteiger partial charge in [0.2, 0.25) is 4.77 Å². The smallest absolute Gasteiger partial charge is 0.214 e. The van der Waals surface area contributed by atoms with Gasteiger partial charge in [-0.2, -0.15) is 5.10 Å². The normalized spacial score (nSPS) is 10.6. The lowest BCUT2D eigenvalue weighted by Gasteiger charge is -2.14. The fraction of sp³-hybridized carbons (Fsp3) is 0.529. The summed E-state index contributed by atoms with van der Waals surface area (Å²) in [6.07, 6.45) is 2.85. The highest BCUT2D eigenvalue weighted by molar-refractivity contribution is 7.71. The van der Waals surface area contributed by atoms with Crippen molar-refractivity contribution in [3.63, 3.8) is 0 Å². The summed E-state index contributed by atoms with van der Waals surface area (Å²) < 4.78 is 13.8. The Kier molecular flexibility index (Phi) is 7.11.